The van der Waals surface area contributed by atoms with Gasteiger partial charge in [-0.1, -0.05) is 12.1 Å². The van der Waals surface area contributed by atoms with Crippen LogP contribution in [0.2, 0.25) is 0 Å². The zero-order valence-electron chi connectivity index (χ0n) is 11.7. The number of rotatable bonds is 6. The van der Waals surface area contributed by atoms with Gasteiger partial charge < -0.3 is 15.2 Å². The van der Waals surface area contributed by atoms with E-state index < -0.39 is 0 Å². The molecule has 112 valence electrons. The highest BCUT2D eigenvalue weighted by Gasteiger charge is 2.08. The van der Waals surface area contributed by atoms with E-state index in [0.717, 1.165) is 24.1 Å². The average Bonchev–Trinajstić information content (AvgIpc) is 2.48. The summed E-state index contributed by atoms with van der Waals surface area (Å²) < 4.78 is 18.5. The summed E-state index contributed by atoms with van der Waals surface area (Å²) in [5.74, 6) is 0.333. The Kier molecular flexibility index (Phi) is 5.59. The molecule has 2 N–H and O–H groups in total. The third-order valence-electron chi connectivity index (χ3n) is 3.14. The molecular formula is C16H17BrFNO2. The minimum Gasteiger partial charge on any atom is -0.503 e. The Morgan fingerprint density at radius 3 is 2.57 bits per heavy atom. The average molecular weight is 354 g/mol. The standard InChI is InChI=1S/C16H17BrFNO2/c1-21-15-9-12(8-14(17)16(15)20)10-19-7-6-11-2-4-13(18)5-3-11/h2-5,8-9,19-20H,6-7,10H2,1H3. The van der Waals surface area contributed by atoms with Gasteiger partial charge in [-0.25, -0.2) is 4.39 Å². The SMILES string of the molecule is COc1cc(CNCCc2ccc(F)cc2)cc(Br)c1O. The van der Waals surface area contributed by atoms with Crippen LogP contribution in [0.3, 0.4) is 0 Å². The van der Waals surface area contributed by atoms with Crippen LogP contribution in [0.25, 0.3) is 0 Å². The fraction of sp³-hybridized carbons (Fsp3) is 0.250. The van der Waals surface area contributed by atoms with Crippen molar-refractivity contribution in [1.82, 2.24) is 5.32 Å². The number of aromatic hydroxyl groups is 1. The molecule has 3 nitrogen and oxygen atoms in total. The summed E-state index contributed by atoms with van der Waals surface area (Å²) in [5, 5.41) is 13.1. The Hall–Kier alpha value is -1.59. The smallest absolute Gasteiger partial charge is 0.172 e. The first-order valence-electron chi connectivity index (χ1n) is 6.60. The summed E-state index contributed by atoms with van der Waals surface area (Å²) in [7, 11) is 1.52. The number of benzene rings is 2. The molecule has 2 aromatic carbocycles. The van der Waals surface area contributed by atoms with Crippen LogP contribution >= 0.6 is 15.9 Å². The van der Waals surface area contributed by atoms with E-state index in [4.69, 9.17) is 4.74 Å². The van der Waals surface area contributed by atoms with Gasteiger partial charge in [0, 0.05) is 6.54 Å². The van der Waals surface area contributed by atoms with Crippen molar-refractivity contribution in [2.75, 3.05) is 13.7 Å². The summed E-state index contributed by atoms with van der Waals surface area (Å²) in [6, 6.07) is 10.2. The molecule has 0 aliphatic rings. The number of ether oxygens (including phenoxy) is 1. The molecule has 2 rings (SSSR count). The first-order valence-corrected chi connectivity index (χ1v) is 7.40. The molecule has 0 fully saturated rings. The molecule has 0 aromatic heterocycles. The van der Waals surface area contributed by atoms with Crippen molar-refractivity contribution < 1.29 is 14.2 Å². The summed E-state index contributed by atoms with van der Waals surface area (Å²) >= 11 is 3.30. The molecule has 0 unspecified atom stereocenters. The number of halogens is 2. The predicted octanol–water partition coefficient (Wildman–Crippen LogP) is 3.63. The lowest BCUT2D eigenvalue weighted by atomic mass is 10.1. The van der Waals surface area contributed by atoms with Gasteiger partial charge in [0.25, 0.3) is 0 Å². The van der Waals surface area contributed by atoms with Crippen molar-refractivity contribution in [2.24, 2.45) is 0 Å². The van der Waals surface area contributed by atoms with E-state index >= 15 is 0 Å². The minimum atomic E-state index is -0.215. The van der Waals surface area contributed by atoms with E-state index in [2.05, 4.69) is 21.2 Å². The van der Waals surface area contributed by atoms with Gasteiger partial charge in [0.05, 0.1) is 11.6 Å². The zero-order chi connectivity index (χ0) is 15.2. The molecule has 0 saturated carbocycles. The first kappa shape index (κ1) is 15.8. The third-order valence-corrected chi connectivity index (χ3v) is 3.75. The summed E-state index contributed by atoms with van der Waals surface area (Å²) in [6.07, 6.45) is 0.830. The molecule has 0 aliphatic carbocycles. The molecule has 0 heterocycles. The quantitative estimate of drug-likeness (QED) is 0.779. The highest BCUT2D eigenvalue weighted by molar-refractivity contribution is 9.10. The Labute approximate surface area is 131 Å². The molecule has 0 aliphatic heterocycles. The van der Waals surface area contributed by atoms with Crippen molar-refractivity contribution >= 4 is 15.9 Å². The van der Waals surface area contributed by atoms with Crippen molar-refractivity contribution in [3.63, 3.8) is 0 Å². The van der Waals surface area contributed by atoms with Gasteiger partial charge in [-0.05, 0) is 64.3 Å². The normalized spacial score (nSPS) is 10.6. The summed E-state index contributed by atoms with van der Waals surface area (Å²) in [4.78, 5) is 0. The van der Waals surface area contributed by atoms with Crippen molar-refractivity contribution in [1.29, 1.82) is 0 Å². The number of hydrogen-bond donors (Lipinski definition) is 2. The molecule has 5 heteroatoms. The summed E-state index contributed by atoms with van der Waals surface area (Å²) in [6.45, 7) is 1.45. The van der Waals surface area contributed by atoms with Crippen LogP contribution in [0.15, 0.2) is 40.9 Å². The second kappa shape index (κ2) is 7.43. The Morgan fingerprint density at radius 2 is 1.90 bits per heavy atom. The van der Waals surface area contributed by atoms with E-state index in [1.165, 1.54) is 19.2 Å². The van der Waals surface area contributed by atoms with Crippen LogP contribution in [-0.4, -0.2) is 18.8 Å². The second-order valence-corrected chi connectivity index (χ2v) is 5.54. The second-order valence-electron chi connectivity index (χ2n) is 4.68. The van der Waals surface area contributed by atoms with Gasteiger partial charge in [0.1, 0.15) is 5.82 Å². The molecule has 0 bridgehead atoms. The lowest BCUT2D eigenvalue weighted by molar-refractivity contribution is 0.371. The van der Waals surface area contributed by atoms with Gasteiger partial charge in [-0.2, -0.15) is 0 Å². The van der Waals surface area contributed by atoms with Crippen LogP contribution in [-0.2, 0) is 13.0 Å². The van der Waals surface area contributed by atoms with Crippen LogP contribution in [0.5, 0.6) is 11.5 Å². The molecule has 0 saturated heterocycles. The van der Waals surface area contributed by atoms with Gasteiger partial charge in [0.2, 0.25) is 0 Å². The van der Waals surface area contributed by atoms with Crippen LogP contribution in [0.4, 0.5) is 4.39 Å². The van der Waals surface area contributed by atoms with Crippen LogP contribution in [0, 0.1) is 5.82 Å². The Morgan fingerprint density at radius 1 is 1.19 bits per heavy atom. The van der Waals surface area contributed by atoms with Crippen molar-refractivity contribution in [2.45, 2.75) is 13.0 Å². The fourth-order valence-electron chi connectivity index (χ4n) is 2.00. The number of phenols is 1. The van der Waals surface area contributed by atoms with E-state index in [1.54, 1.807) is 18.2 Å². The van der Waals surface area contributed by atoms with Crippen molar-refractivity contribution in [3.05, 3.63) is 57.8 Å². The molecule has 2 aromatic rings. The molecule has 0 radical (unpaired) electrons. The lowest BCUT2D eigenvalue weighted by Gasteiger charge is -2.10. The van der Waals surface area contributed by atoms with E-state index in [1.807, 2.05) is 6.07 Å². The van der Waals surface area contributed by atoms with Gasteiger partial charge >= 0.3 is 0 Å². The molecule has 0 spiro atoms. The number of nitrogens with one attached hydrogen (secondary N) is 1. The van der Waals surface area contributed by atoms with Gasteiger partial charge in [0.15, 0.2) is 11.5 Å². The zero-order valence-corrected chi connectivity index (χ0v) is 13.3. The van der Waals surface area contributed by atoms with Gasteiger partial charge in [-0.3, -0.25) is 0 Å². The molecule has 0 atom stereocenters. The maximum absolute atomic E-state index is 12.8. The number of phenolic OH excluding ortho intramolecular Hbond substituents is 1. The van der Waals surface area contributed by atoms with Crippen LogP contribution < -0.4 is 10.1 Å². The largest absolute Gasteiger partial charge is 0.503 e. The topological polar surface area (TPSA) is 41.5 Å². The van der Waals surface area contributed by atoms with Gasteiger partial charge in [-0.15, -0.1) is 0 Å². The number of hydrogen-bond acceptors (Lipinski definition) is 3. The van der Waals surface area contributed by atoms with Crippen LogP contribution in [0.1, 0.15) is 11.1 Å². The third kappa shape index (κ3) is 4.44. The monoisotopic (exact) mass is 353 g/mol. The van der Waals surface area contributed by atoms with Crippen molar-refractivity contribution in [3.8, 4) is 11.5 Å². The highest BCUT2D eigenvalue weighted by Crippen LogP contribution is 2.35. The fourth-order valence-corrected chi connectivity index (χ4v) is 2.49. The Balaban J connectivity index is 1.86. The van der Waals surface area contributed by atoms with E-state index in [0.29, 0.717) is 16.8 Å². The molecule has 0 amide bonds. The summed E-state index contributed by atoms with van der Waals surface area (Å²) in [5.41, 5.74) is 2.10. The van der Waals surface area contributed by atoms with E-state index in [-0.39, 0.29) is 11.6 Å². The minimum absolute atomic E-state index is 0.104. The molecule has 21 heavy (non-hydrogen) atoms. The maximum atomic E-state index is 12.8. The highest BCUT2D eigenvalue weighted by atomic mass is 79.9. The molecular weight excluding hydrogens is 337 g/mol. The lowest BCUT2D eigenvalue weighted by Crippen LogP contribution is -2.16. The Bertz CT molecular complexity index is 602. The first-order chi connectivity index (χ1) is 10.1. The van der Waals surface area contributed by atoms with E-state index in [9.17, 15) is 9.50 Å². The number of methoxy groups -OCH3 is 1. The maximum Gasteiger partial charge on any atom is 0.172 e. The predicted molar refractivity (Wildman–Crippen MR) is 84.2 cm³/mol.